The molecule has 0 aliphatic rings. The first kappa shape index (κ1) is 20.6. The van der Waals surface area contributed by atoms with Crippen molar-refractivity contribution in [3.05, 3.63) is 83.4 Å². The van der Waals surface area contributed by atoms with Crippen molar-refractivity contribution < 1.29 is 18.9 Å². The zero-order valence-corrected chi connectivity index (χ0v) is 17.1. The Morgan fingerprint density at radius 1 is 0.655 bits per heavy atom. The van der Waals surface area contributed by atoms with E-state index in [2.05, 4.69) is 11.4 Å². The molecule has 0 saturated carbocycles. The van der Waals surface area contributed by atoms with Crippen LogP contribution in [0.1, 0.15) is 16.7 Å². The molecular formula is C24H27NO4. The van der Waals surface area contributed by atoms with Gasteiger partial charge in [-0.3, -0.25) is 0 Å². The minimum Gasteiger partial charge on any atom is -0.497 e. The zero-order chi connectivity index (χ0) is 20.5. The minimum atomic E-state index is 0.445. The fourth-order valence-corrected chi connectivity index (χ4v) is 3.04. The maximum atomic E-state index is 6.01. The third kappa shape index (κ3) is 5.65. The number of methoxy groups -OCH3 is 3. The Hall–Kier alpha value is -3.18. The lowest BCUT2D eigenvalue weighted by Gasteiger charge is -2.16. The highest BCUT2D eigenvalue weighted by atomic mass is 16.5. The van der Waals surface area contributed by atoms with E-state index in [0.29, 0.717) is 30.4 Å². The second kappa shape index (κ2) is 10.4. The highest BCUT2D eigenvalue weighted by Crippen LogP contribution is 2.39. The van der Waals surface area contributed by atoms with Crippen molar-refractivity contribution in [3.63, 3.8) is 0 Å². The van der Waals surface area contributed by atoms with E-state index in [9.17, 15) is 0 Å². The van der Waals surface area contributed by atoms with E-state index in [1.807, 2.05) is 60.7 Å². The number of nitrogens with one attached hydrogen (secondary N) is 1. The summed E-state index contributed by atoms with van der Waals surface area (Å²) < 4.78 is 22.4. The highest BCUT2D eigenvalue weighted by Gasteiger charge is 2.14. The molecule has 152 valence electrons. The highest BCUT2D eigenvalue weighted by molar-refractivity contribution is 5.54. The maximum absolute atomic E-state index is 6.01. The molecule has 29 heavy (non-hydrogen) atoms. The molecule has 0 spiro atoms. The molecule has 0 saturated heterocycles. The van der Waals surface area contributed by atoms with Gasteiger partial charge in [-0.15, -0.1) is 0 Å². The molecule has 0 atom stereocenters. The SMILES string of the molecule is COc1cccc(CNCc2cc(OC)c(OCc3ccccc3)c(OC)c2)c1. The molecule has 5 nitrogen and oxygen atoms in total. The Morgan fingerprint density at radius 2 is 1.31 bits per heavy atom. The molecule has 3 aromatic carbocycles. The van der Waals surface area contributed by atoms with E-state index < -0.39 is 0 Å². The quantitative estimate of drug-likeness (QED) is 0.546. The molecule has 0 aromatic heterocycles. The molecule has 0 aliphatic carbocycles. The third-order valence-electron chi connectivity index (χ3n) is 4.54. The predicted molar refractivity (Wildman–Crippen MR) is 114 cm³/mol. The Morgan fingerprint density at radius 3 is 1.97 bits per heavy atom. The van der Waals surface area contributed by atoms with E-state index in [1.165, 1.54) is 0 Å². The van der Waals surface area contributed by atoms with E-state index in [-0.39, 0.29) is 0 Å². The standard InChI is InChI=1S/C24H27NO4/c1-26-21-11-7-10-19(12-21)15-25-16-20-13-22(27-2)24(23(14-20)28-3)29-17-18-8-5-4-6-9-18/h4-14,25H,15-17H2,1-3H3. The van der Waals surface area contributed by atoms with E-state index in [1.54, 1.807) is 21.3 Å². The lowest BCUT2D eigenvalue weighted by molar-refractivity contribution is 0.265. The van der Waals surface area contributed by atoms with Gasteiger partial charge in [-0.2, -0.15) is 0 Å². The van der Waals surface area contributed by atoms with Gasteiger partial charge in [-0.05, 0) is 41.0 Å². The number of rotatable bonds is 10. The molecule has 1 N–H and O–H groups in total. The molecular weight excluding hydrogens is 366 g/mol. The number of ether oxygens (including phenoxy) is 4. The first-order valence-corrected chi connectivity index (χ1v) is 9.48. The van der Waals surface area contributed by atoms with Gasteiger partial charge in [0.25, 0.3) is 0 Å². The van der Waals surface area contributed by atoms with E-state index in [0.717, 1.165) is 29.0 Å². The van der Waals surface area contributed by atoms with Gasteiger partial charge < -0.3 is 24.3 Å². The summed E-state index contributed by atoms with van der Waals surface area (Å²) in [5.41, 5.74) is 3.29. The van der Waals surface area contributed by atoms with Gasteiger partial charge in [0, 0.05) is 13.1 Å². The summed E-state index contributed by atoms with van der Waals surface area (Å²) in [4.78, 5) is 0. The van der Waals surface area contributed by atoms with Gasteiger partial charge in [0.2, 0.25) is 5.75 Å². The van der Waals surface area contributed by atoms with Crippen molar-refractivity contribution in [2.24, 2.45) is 0 Å². The summed E-state index contributed by atoms with van der Waals surface area (Å²) in [7, 11) is 4.95. The first-order chi connectivity index (χ1) is 14.2. The molecule has 0 heterocycles. The average Bonchev–Trinajstić information content (AvgIpc) is 2.78. The maximum Gasteiger partial charge on any atom is 0.203 e. The van der Waals surface area contributed by atoms with Gasteiger partial charge >= 0.3 is 0 Å². The fourth-order valence-electron chi connectivity index (χ4n) is 3.04. The summed E-state index contributed by atoms with van der Waals surface area (Å²) >= 11 is 0. The molecule has 5 heteroatoms. The van der Waals surface area contributed by atoms with Crippen molar-refractivity contribution in [1.82, 2.24) is 5.32 Å². The number of benzene rings is 3. The van der Waals surface area contributed by atoms with Crippen LogP contribution in [0.4, 0.5) is 0 Å². The first-order valence-electron chi connectivity index (χ1n) is 9.48. The largest absolute Gasteiger partial charge is 0.497 e. The van der Waals surface area contributed by atoms with Crippen molar-refractivity contribution in [1.29, 1.82) is 0 Å². The average molecular weight is 393 g/mol. The van der Waals surface area contributed by atoms with Gasteiger partial charge in [0.1, 0.15) is 12.4 Å². The molecule has 0 unspecified atom stereocenters. The van der Waals surface area contributed by atoms with Crippen LogP contribution in [0, 0.1) is 0 Å². The van der Waals surface area contributed by atoms with Crippen LogP contribution < -0.4 is 24.3 Å². The van der Waals surface area contributed by atoms with Crippen molar-refractivity contribution in [3.8, 4) is 23.0 Å². The van der Waals surface area contributed by atoms with Crippen LogP contribution in [0.5, 0.6) is 23.0 Å². The Balaban J connectivity index is 1.68. The van der Waals surface area contributed by atoms with E-state index in [4.69, 9.17) is 18.9 Å². The molecule has 3 aromatic rings. The molecule has 0 radical (unpaired) electrons. The van der Waals surface area contributed by atoms with Crippen molar-refractivity contribution in [2.45, 2.75) is 19.7 Å². The van der Waals surface area contributed by atoms with Crippen LogP contribution in [0.3, 0.4) is 0 Å². The lowest BCUT2D eigenvalue weighted by Crippen LogP contribution is -2.13. The smallest absolute Gasteiger partial charge is 0.203 e. The molecule has 0 bridgehead atoms. The second-order valence-corrected chi connectivity index (χ2v) is 6.56. The third-order valence-corrected chi connectivity index (χ3v) is 4.54. The van der Waals surface area contributed by atoms with Crippen molar-refractivity contribution >= 4 is 0 Å². The molecule has 3 rings (SSSR count). The van der Waals surface area contributed by atoms with Crippen LogP contribution >= 0.6 is 0 Å². The normalized spacial score (nSPS) is 10.4. The van der Waals surface area contributed by atoms with Gasteiger partial charge in [0.15, 0.2) is 11.5 Å². The Kier molecular flexibility index (Phi) is 7.36. The topological polar surface area (TPSA) is 49.0 Å². The molecule has 0 fully saturated rings. The minimum absolute atomic E-state index is 0.445. The lowest BCUT2D eigenvalue weighted by atomic mass is 10.1. The van der Waals surface area contributed by atoms with E-state index >= 15 is 0 Å². The number of hydrogen-bond donors (Lipinski definition) is 1. The summed E-state index contributed by atoms with van der Waals surface area (Å²) in [5.74, 6) is 2.76. The fraction of sp³-hybridized carbons (Fsp3) is 0.250. The number of hydrogen-bond acceptors (Lipinski definition) is 5. The van der Waals surface area contributed by atoms with Gasteiger partial charge in [0.05, 0.1) is 21.3 Å². The van der Waals surface area contributed by atoms with Crippen LogP contribution in [0.25, 0.3) is 0 Å². The van der Waals surface area contributed by atoms with Crippen LogP contribution in [-0.4, -0.2) is 21.3 Å². The Bertz CT molecular complexity index is 887. The summed E-state index contributed by atoms with van der Waals surface area (Å²) in [6.45, 7) is 1.85. The zero-order valence-electron chi connectivity index (χ0n) is 17.1. The monoisotopic (exact) mass is 393 g/mol. The van der Waals surface area contributed by atoms with Crippen molar-refractivity contribution in [2.75, 3.05) is 21.3 Å². The van der Waals surface area contributed by atoms with Crippen LogP contribution in [-0.2, 0) is 19.7 Å². The van der Waals surface area contributed by atoms with Gasteiger partial charge in [-0.25, -0.2) is 0 Å². The Labute approximate surface area is 172 Å². The molecule has 0 amide bonds. The summed E-state index contributed by atoms with van der Waals surface area (Å²) in [6, 6.07) is 22.0. The predicted octanol–water partition coefficient (Wildman–Crippen LogP) is 4.58. The van der Waals surface area contributed by atoms with Gasteiger partial charge in [-0.1, -0.05) is 42.5 Å². The summed E-state index contributed by atoms with van der Waals surface area (Å²) in [6.07, 6.45) is 0. The summed E-state index contributed by atoms with van der Waals surface area (Å²) in [5, 5.41) is 3.44. The van der Waals surface area contributed by atoms with Crippen LogP contribution in [0.15, 0.2) is 66.7 Å². The molecule has 0 aliphatic heterocycles. The second-order valence-electron chi connectivity index (χ2n) is 6.56. The van der Waals surface area contributed by atoms with Crippen LogP contribution in [0.2, 0.25) is 0 Å².